The molecular weight excluding hydrogens is 181 g/mol. The molecule has 0 aliphatic rings. The summed E-state index contributed by atoms with van der Waals surface area (Å²) >= 11 is 0. The maximum absolute atomic E-state index is 13.4. The molecule has 0 fully saturated rings. The highest BCUT2D eigenvalue weighted by molar-refractivity contribution is 5.21. The number of hydrogen-bond donors (Lipinski definition) is 1. The molecule has 0 spiro atoms. The topological polar surface area (TPSA) is 21.3 Å². The van der Waals surface area contributed by atoms with Crippen molar-refractivity contribution in [3.8, 4) is 0 Å². The third-order valence-corrected chi connectivity index (χ3v) is 2.12. The van der Waals surface area contributed by atoms with Crippen molar-refractivity contribution in [3.05, 3.63) is 35.6 Å². The van der Waals surface area contributed by atoms with Gasteiger partial charge in [-0.05, 0) is 20.0 Å². The Kier molecular flexibility index (Phi) is 4.56. The zero-order chi connectivity index (χ0) is 10.4. The molecule has 0 heterocycles. The predicted molar refractivity (Wildman–Crippen MR) is 54.7 cm³/mol. The third-order valence-electron chi connectivity index (χ3n) is 2.12. The summed E-state index contributed by atoms with van der Waals surface area (Å²) in [5.41, 5.74) is 0.656. The molecule has 2 nitrogen and oxygen atoms in total. The molecule has 0 saturated heterocycles. The van der Waals surface area contributed by atoms with Crippen LogP contribution in [0, 0.1) is 5.82 Å². The molecule has 0 aliphatic heterocycles. The van der Waals surface area contributed by atoms with Crippen molar-refractivity contribution in [2.24, 2.45) is 0 Å². The average Bonchev–Trinajstić information content (AvgIpc) is 2.21. The van der Waals surface area contributed by atoms with Crippen molar-refractivity contribution in [1.29, 1.82) is 0 Å². The van der Waals surface area contributed by atoms with E-state index in [2.05, 4.69) is 5.32 Å². The summed E-state index contributed by atoms with van der Waals surface area (Å²) in [5, 5.41) is 3.03. The Morgan fingerprint density at radius 3 is 2.71 bits per heavy atom. The number of rotatable bonds is 5. The summed E-state index contributed by atoms with van der Waals surface area (Å²) < 4.78 is 18.6. The highest BCUT2D eigenvalue weighted by atomic mass is 19.1. The minimum absolute atomic E-state index is 0.0730. The van der Waals surface area contributed by atoms with Gasteiger partial charge in [0.25, 0.3) is 0 Å². The molecule has 0 aliphatic carbocycles. The lowest BCUT2D eigenvalue weighted by molar-refractivity contribution is 0.124. The summed E-state index contributed by atoms with van der Waals surface area (Å²) in [7, 11) is 1.80. The van der Waals surface area contributed by atoms with Crippen molar-refractivity contribution in [1.82, 2.24) is 5.32 Å². The monoisotopic (exact) mass is 197 g/mol. The van der Waals surface area contributed by atoms with E-state index in [0.717, 1.165) is 0 Å². The largest absolute Gasteiger partial charge is 0.380 e. The maximum atomic E-state index is 13.4. The maximum Gasteiger partial charge on any atom is 0.128 e. The van der Waals surface area contributed by atoms with Crippen LogP contribution in [0.3, 0.4) is 0 Å². The van der Waals surface area contributed by atoms with Gasteiger partial charge in [-0.25, -0.2) is 4.39 Å². The quantitative estimate of drug-likeness (QED) is 0.780. The Morgan fingerprint density at radius 1 is 1.43 bits per heavy atom. The Bertz CT molecular complexity index is 278. The number of ether oxygens (including phenoxy) is 1. The molecule has 0 radical (unpaired) electrons. The third kappa shape index (κ3) is 2.79. The Balaban J connectivity index is 2.73. The molecule has 14 heavy (non-hydrogen) atoms. The Hall–Kier alpha value is -0.930. The lowest BCUT2D eigenvalue weighted by Gasteiger charge is -2.16. The molecule has 1 aromatic rings. The molecular formula is C11H16FNO. The lowest BCUT2D eigenvalue weighted by atomic mass is 10.1. The van der Waals surface area contributed by atoms with Crippen LogP contribution in [0.1, 0.15) is 18.5 Å². The fourth-order valence-electron chi connectivity index (χ4n) is 1.32. The lowest BCUT2D eigenvalue weighted by Crippen LogP contribution is -2.22. The first-order valence-electron chi connectivity index (χ1n) is 4.79. The minimum Gasteiger partial charge on any atom is -0.380 e. The molecule has 1 N–H and O–H groups in total. The molecule has 1 unspecified atom stereocenters. The van der Waals surface area contributed by atoms with Gasteiger partial charge >= 0.3 is 0 Å². The van der Waals surface area contributed by atoms with Crippen LogP contribution in [0.15, 0.2) is 24.3 Å². The van der Waals surface area contributed by atoms with Crippen LogP contribution in [0.2, 0.25) is 0 Å². The molecule has 0 saturated carbocycles. The predicted octanol–water partition coefficient (Wildman–Crippen LogP) is 2.12. The van der Waals surface area contributed by atoms with Gasteiger partial charge in [-0.1, -0.05) is 18.2 Å². The zero-order valence-corrected chi connectivity index (χ0v) is 8.59. The number of halogens is 1. The number of benzene rings is 1. The molecule has 3 heteroatoms. The van der Waals surface area contributed by atoms with Crippen LogP contribution < -0.4 is 5.32 Å². The van der Waals surface area contributed by atoms with E-state index in [1.165, 1.54) is 6.07 Å². The standard InChI is InChI=1S/C11H16FNO/c1-3-14-8-11(13-2)9-6-4-5-7-10(9)12/h4-7,11,13H,3,8H2,1-2H3. The van der Waals surface area contributed by atoms with Gasteiger partial charge in [0.2, 0.25) is 0 Å². The van der Waals surface area contributed by atoms with Crippen molar-refractivity contribution in [2.45, 2.75) is 13.0 Å². The SMILES string of the molecule is CCOCC(NC)c1ccccc1F. The smallest absolute Gasteiger partial charge is 0.128 e. The van der Waals surface area contributed by atoms with Crippen LogP contribution >= 0.6 is 0 Å². The fourth-order valence-corrected chi connectivity index (χ4v) is 1.32. The first-order chi connectivity index (χ1) is 6.79. The summed E-state index contributed by atoms with van der Waals surface area (Å²) in [6.45, 7) is 3.06. The van der Waals surface area contributed by atoms with Gasteiger partial charge in [0.1, 0.15) is 5.82 Å². The summed E-state index contributed by atoms with van der Waals surface area (Å²) in [6.07, 6.45) is 0. The molecule has 1 aromatic carbocycles. The molecule has 0 aromatic heterocycles. The van der Waals surface area contributed by atoms with E-state index in [-0.39, 0.29) is 11.9 Å². The van der Waals surface area contributed by atoms with Crippen LogP contribution in [0.5, 0.6) is 0 Å². The molecule has 1 rings (SSSR count). The van der Waals surface area contributed by atoms with Crippen LogP contribution in [-0.4, -0.2) is 20.3 Å². The molecule has 0 bridgehead atoms. The fraction of sp³-hybridized carbons (Fsp3) is 0.455. The van der Waals surface area contributed by atoms with Crippen molar-refractivity contribution in [3.63, 3.8) is 0 Å². The van der Waals surface area contributed by atoms with Gasteiger partial charge in [-0.2, -0.15) is 0 Å². The van der Waals surface area contributed by atoms with Gasteiger partial charge in [-0.15, -0.1) is 0 Å². The Labute approximate surface area is 84.1 Å². The average molecular weight is 197 g/mol. The molecule has 1 atom stereocenters. The second-order valence-electron chi connectivity index (χ2n) is 3.02. The normalized spacial score (nSPS) is 12.8. The summed E-state index contributed by atoms with van der Waals surface area (Å²) in [4.78, 5) is 0. The van der Waals surface area contributed by atoms with E-state index >= 15 is 0 Å². The van der Waals surface area contributed by atoms with E-state index in [4.69, 9.17) is 4.74 Å². The van der Waals surface area contributed by atoms with Crippen LogP contribution in [0.25, 0.3) is 0 Å². The minimum atomic E-state index is -0.188. The molecule has 78 valence electrons. The van der Waals surface area contributed by atoms with Gasteiger partial charge < -0.3 is 10.1 Å². The summed E-state index contributed by atoms with van der Waals surface area (Å²) in [6, 6.07) is 6.68. The van der Waals surface area contributed by atoms with E-state index in [0.29, 0.717) is 18.8 Å². The van der Waals surface area contributed by atoms with E-state index < -0.39 is 0 Å². The Morgan fingerprint density at radius 2 is 2.14 bits per heavy atom. The van der Waals surface area contributed by atoms with E-state index in [1.54, 1.807) is 19.2 Å². The van der Waals surface area contributed by atoms with Crippen LogP contribution in [0.4, 0.5) is 4.39 Å². The highest BCUT2D eigenvalue weighted by Crippen LogP contribution is 2.16. The highest BCUT2D eigenvalue weighted by Gasteiger charge is 2.12. The van der Waals surface area contributed by atoms with Gasteiger partial charge in [0.05, 0.1) is 12.6 Å². The van der Waals surface area contributed by atoms with E-state index in [9.17, 15) is 4.39 Å². The number of hydrogen-bond acceptors (Lipinski definition) is 2. The summed E-state index contributed by atoms with van der Waals surface area (Å²) in [5.74, 6) is -0.188. The first-order valence-corrected chi connectivity index (χ1v) is 4.79. The number of likely N-dealkylation sites (N-methyl/N-ethyl adjacent to an activating group) is 1. The van der Waals surface area contributed by atoms with Gasteiger partial charge in [0.15, 0.2) is 0 Å². The first kappa shape index (κ1) is 11.1. The van der Waals surface area contributed by atoms with Crippen molar-refractivity contribution in [2.75, 3.05) is 20.3 Å². The second kappa shape index (κ2) is 5.73. The number of nitrogens with one attached hydrogen (secondary N) is 1. The van der Waals surface area contributed by atoms with Crippen molar-refractivity contribution < 1.29 is 9.13 Å². The second-order valence-corrected chi connectivity index (χ2v) is 3.02. The molecule has 0 amide bonds. The zero-order valence-electron chi connectivity index (χ0n) is 8.59. The van der Waals surface area contributed by atoms with Crippen molar-refractivity contribution >= 4 is 0 Å². The van der Waals surface area contributed by atoms with Crippen LogP contribution in [-0.2, 0) is 4.74 Å². The van der Waals surface area contributed by atoms with E-state index in [1.807, 2.05) is 13.0 Å². The van der Waals surface area contributed by atoms with Gasteiger partial charge in [-0.3, -0.25) is 0 Å². The van der Waals surface area contributed by atoms with Gasteiger partial charge in [0, 0.05) is 12.2 Å².